The summed E-state index contributed by atoms with van der Waals surface area (Å²) in [6.07, 6.45) is 19.3. The number of unbranched alkanes of at least 4 members (excludes halogenated alkanes) is 14. The smallest absolute Gasteiger partial charge is 0.463 e. The zero-order valence-electron chi connectivity index (χ0n) is 24.0. The SMILES string of the molecule is CCCCCCCCCCCCCCCCCC(=O)OCC(CO[P+](=O)O)OC.C[N+](C)(C)CCO. The third-order valence-corrected chi connectivity index (χ3v) is 6.26. The van der Waals surface area contributed by atoms with Crippen LogP contribution in [0.1, 0.15) is 110 Å². The molecular formula is C27H58NO7P+2. The molecule has 0 heterocycles. The maximum atomic E-state index is 11.7. The van der Waals surface area contributed by atoms with E-state index in [0.717, 1.165) is 23.9 Å². The van der Waals surface area contributed by atoms with Crippen molar-refractivity contribution in [3.05, 3.63) is 0 Å². The number of aliphatic hydroxyl groups is 1. The highest BCUT2D eigenvalue weighted by atomic mass is 31.1. The number of likely N-dealkylation sites (N-methyl/N-ethyl adjacent to an activating group) is 1. The van der Waals surface area contributed by atoms with Crippen LogP contribution in [-0.2, 0) is 23.4 Å². The summed E-state index contributed by atoms with van der Waals surface area (Å²) >= 11 is 0. The average molecular weight is 540 g/mol. The van der Waals surface area contributed by atoms with Crippen LogP contribution < -0.4 is 0 Å². The number of nitrogens with zero attached hydrogens (tertiary/aromatic N) is 1. The Morgan fingerprint density at radius 1 is 0.806 bits per heavy atom. The molecule has 0 rings (SSSR count). The van der Waals surface area contributed by atoms with Crippen LogP contribution in [-0.4, -0.2) is 81.2 Å². The van der Waals surface area contributed by atoms with E-state index in [-0.39, 0.29) is 25.8 Å². The Balaban J connectivity index is 0. The van der Waals surface area contributed by atoms with Crippen LogP contribution in [0, 0.1) is 0 Å². The molecule has 0 aliphatic carbocycles. The average Bonchev–Trinajstić information content (AvgIpc) is 2.81. The van der Waals surface area contributed by atoms with E-state index in [1.54, 1.807) is 0 Å². The van der Waals surface area contributed by atoms with Crippen LogP contribution in [0.4, 0.5) is 0 Å². The van der Waals surface area contributed by atoms with E-state index in [1.807, 2.05) is 0 Å². The van der Waals surface area contributed by atoms with Gasteiger partial charge in [0.15, 0.2) is 0 Å². The van der Waals surface area contributed by atoms with Crippen molar-refractivity contribution in [2.75, 3.05) is 54.6 Å². The molecule has 0 aromatic heterocycles. The molecule has 2 atom stereocenters. The fraction of sp³-hybridized carbons (Fsp3) is 0.963. The van der Waals surface area contributed by atoms with Gasteiger partial charge in [-0.05, 0) is 6.42 Å². The quantitative estimate of drug-likeness (QED) is 0.0656. The van der Waals surface area contributed by atoms with Gasteiger partial charge in [-0.15, -0.1) is 9.42 Å². The molecular weight excluding hydrogens is 481 g/mol. The Morgan fingerprint density at radius 3 is 1.58 bits per heavy atom. The first kappa shape index (κ1) is 37.5. The Kier molecular flexibility index (Phi) is 28.6. The number of carbonyl (C=O) groups excluding carboxylic acids is 1. The van der Waals surface area contributed by atoms with Crippen LogP contribution in [0.25, 0.3) is 0 Å². The molecule has 0 saturated heterocycles. The first-order valence-corrected chi connectivity index (χ1v) is 15.2. The number of hydrogen-bond acceptors (Lipinski definition) is 6. The van der Waals surface area contributed by atoms with Crippen LogP contribution in [0.15, 0.2) is 0 Å². The fourth-order valence-electron chi connectivity index (χ4n) is 3.53. The second-order valence-electron chi connectivity index (χ2n) is 10.5. The summed E-state index contributed by atoms with van der Waals surface area (Å²) in [5, 5.41) is 8.39. The molecule has 0 aliphatic rings. The van der Waals surface area contributed by atoms with Crippen LogP contribution in [0.2, 0.25) is 0 Å². The zero-order valence-corrected chi connectivity index (χ0v) is 24.9. The number of esters is 1. The summed E-state index contributed by atoms with van der Waals surface area (Å²) in [7, 11) is 4.94. The molecule has 0 radical (unpaired) electrons. The molecule has 216 valence electrons. The Bertz CT molecular complexity index is 501. The third-order valence-electron chi connectivity index (χ3n) is 5.89. The molecule has 0 spiro atoms. The summed E-state index contributed by atoms with van der Waals surface area (Å²) in [6, 6.07) is 0. The molecule has 8 nitrogen and oxygen atoms in total. The van der Waals surface area contributed by atoms with Crippen molar-refractivity contribution >= 4 is 14.2 Å². The van der Waals surface area contributed by atoms with E-state index in [1.165, 1.54) is 90.6 Å². The number of carbonyl (C=O) groups is 1. The summed E-state index contributed by atoms with van der Waals surface area (Å²) in [6.45, 7) is 3.34. The molecule has 9 heteroatoms. The Morgan fingerprint density at radius 2 is 1.25 bits per heavy atom. The molecule has 0 amide bonds. The monoisotopic (exact) mass is 539 g/mol. The molecule has 2 N–H and O–H groups in total. The van der Waals surface area contributed by atoms with E-state index in [2.05, 4.69) is 32.6 Å². The van der Waals surface area contributed by atoms with Gasteiger partial charge in [0.2, 0.25) is 0 Å². The molecule has 0 fully saturated rings. The lowest BCUT2D eigenvalue weighted by Crippen LogP contribution is -2.36. The lowest BCUT2D eigenvalue weighted by molar-refractivity contribution is -0.870. The standard InChI is InChI=1S/C22H43O6P.C5H14NO/c1-3-4-5-6-7-8-9-10-11-12-13-14-15-16-17-18-22(23)27-19-21(26-2)20-28-29(24)25;1-6(2,3)4-5-7/h21H,3-20H2,1-2H3;7H,4-5H2,1-3H3/q;+1/p+1. The molecule has 0 bridgehead atoms. The number of aliphatic hydroxyl groups excluding tert-OH is 1. The molecule has 0 aromatic carbocycles. The minimum atomic E-state index is -2.66. The number of quaternary nitrogens is 1. The van der Waals surface area contributed by atoms with Crippen molar-refractivity contribution < 1.29 is 37.8 Å². The Labute approximate surface area is 222 Å². The van der Waals surface area contributed by atoms with Gasteiger partial charge in [-0.3, -0.25) is 4.79 Å². The van der Waals surface area contributed by atoms with E-state index < -0.39 is 14.4 Å². The predicted octanol–water partition coefficient (Wildman–Crippen LogP) is 6.16. The van der Waals surface area contributed by atoms with Crippen molar-refractivity contribution in [3.63, 3.8) is 0 Å². The predicted molar refractivity (Wildman–Crippen MR) is 147 cm³/mol. The normalized spacial score (nSPS) is 12.6. The van der Waals surface area contributed by atoms with E-state index >= 15 is 0 Å². The summed E-state index contributed by atoms with van der Waals surface area (Å²) in [4.78, 5) is 20.3. The van der Waals surface area contributed by atoms with Crippen molar-refractivity contribution in [1.29, 1.82) is 0 Å². The van der Waals surface area contributed by atoms with Crippen LogP contribution in [0.3, 0.4) is 0 Å². The summed E-state index contributed by atoms with van der Waals surface area (Å²) in [5.74, 6) is -0.255. The van der Waals surface area contributed by atoms with Gasteiger partial charge >= 0.3 is 14.2 Å². The van der Waals surface area contributed by atoms with Gasteiger partial charge in [0.25, 0.3) is 0 Å². The summed E-state index contributed by atoms with van der Waals surface area (Å²) < 4.78 is 26.1. The van der Waals surface area contributed by atoms with Crippen LogP contribution in [0.5, 0.6) is 0 Å². The van der Waals surface area contributed by atoms with Crippen molar-refractivity contribution in [2.45, 2.75) is 116 Å². The number of ether oxygens (including phenoxy) is 2. The van der Waals surface area contributed by atoms with Gasteiger partial charge < -0.3 is 19.1 Å². The maximum Gasteiger partial charge on any atom is 0.694 e. The highest BCUT2D eigenvalue weighted by molar-refractivity contribution is 7.32. The minimum absolute atomic E-state index is 0.0389. The van der Waals surface area contributed by atoms with Crippen molar-refractivity contribution in [3.8, 4) is 0 Å². The van der Waals surface area contributed by atoms with E-state index in [0.29, 0.717) is 6.42 Å². The third kappa shape index (κ3) is 33.4. The molecule has 36 heavy (non-hydrogen) atoms. The fourth-order valence-corrected chi connectivity index (χ4v) is 3.82. The molecule has 0 aliphatic heterocycles. The first-order valence-electron chi connectivity index (χ1n) is 14.0. The molecule has 0 aromatic rings. The van der Waals surface area contributed by atoms with Gasteiger partial charge in [-0.2, -0.15) is 0 Å². The highest BCUT2D eigenvalue weighted by Gasteiger charge is 2.19. The number of rotatable bonds is 24. The zero-order chi connectivity index (χ0) is 27.5. The lowest BCUT2D eigenvalue weighted by atomic mass is 10.0. The molecule has 2 unspecified atom stereocenters. The van der Waals surface area contributed by atoms with Crippen molar-refractivity contribution in [2.24, 2.45) is 0 Å². The van der Waals surface area contributed by atoms with E-state index in [9.17, 15) is 9.36 Å². The minimum Gasteiger partial charge on any atom is -0.463 e. The van der Waals surface area contributed by atoms with Gasteiger partial charge in [0, 0.05) is 18.1 Å². The highest BCUT2D eigenvalue weighted by Crippen LogP contribution is 2.16. The van der Waals surface area contributed by atoms with Crippen molar-refractivity contribution in [1.82, 2.24) is 0 Å². The second-order valence-corrected chi connectivity index (χ2v) is 11.2. The maximum absolute atomic E-state index is 11.7. The van der Waals surface area contributed by atoms with Gasteiger partial charge in [-0.1, -0.05) is 96.8 Å². The lowest BCUT2D eigenvalue weighted by Gasteiger charge is -2.21. The second kappa shape index (κ2) is 27.4. The first-order chi connectivity index (χ1) is 17.2. The largest absolute Gasteiger partial charge is 0.694 e. The van der Waals surface area contributed by atoms with E-state index in [4.69, 9.17) is 19.5 Å². The van der Waals surface area contributed by atoms with Gasteiger partial charge in [0.1, 0.15) is 25.9 Å². The van der Waals surface area contributed by atoms with Gasteiger partial charge in [0.05, 0.1) is 27.7 Å². The summed E-state index contributed by atoms with van der Waals surface area (Å²) in [5.41, 5.74) is 0. The Hall–Kier alpha value is -0.630. The number of hydrogen-bond donors (Lipinski definition) is 2. The topological polar surface area (TPSA) is 102 Å². The number of methoxy groups -OCH3 is 1. The molecule has 0 saturated carbocycles. The van der Waals surface area contributed by atoms with Crippen LogP contribution >= 0.6 is 8.25 Å². The van der Waals surface area contributed by atoms with Gasteiger partial charge in [-0.25, -0.2) is 0 Å².